The third-order valence-electron chi connectivity index (χ3n) is 5.89. The molecule has 0 bridgehead atoms. The Bertz CT molecular complexity index is 829. The number of phenols is 1. The Morgan fingerprint density at radius 2 is 1.65 bits per heavy atom. The van der Waals surface area contributed by atoms with Crippen LogP contribution in [0.3, 0.4) is 0 Å². The fourth-order valence-corrected chi connectivity index (χ4v) is 3.75. The lowest BCUT2D eigenvalue weighted by molar-refractivity contribution is 0.353. The van der Waals surface area contributed by atoms with Gasteiger partial charge in [-0.3, -0.25) is 0 Å². The quantitative estimate of drug-likeness (QED) is 0.584. The molecule has 1 N–H and O–H groups in total. The van der Waals surface area contributed by atoms with Gasteiger partial charge in [-0.05, 0) is 61.1 Å². The van der Waals surface area contributed by atoms with Gasteiger partial charge in [-0.25, -0.2) is 0 Å². The van der Waals surface area contributed by atoms with Gasteiger partial charge in [0.25, 0.3) is 0 Å². The number of epoxide rings is 1. The molecule has 1 atom stereocenters. The number of rotatable bonds is 5. The number of hydrogen-bond acceptors (Lipinski definition) is 2. The van der Waals surface area contributed by atoms with Gasteiger partial charge >= 0.3 is 0 Å². The zero-order valence-corrected chi connectivity index (χ0v) is 16.2. The molecule has 2 heteroatoms. The van der Waals surface area contributed by atoms with E-state index in [4.69, 9.17) is 4.74 Å². The highest BCUT2D eigenvalue weighted by Gasteiger charge is 2.41. The summed E-state index contributed by atoms with van der Waals surface area (Å²) in [5, 5.41) is 9.64. The molecule has 136 valence electrons. The van der Waals surface area contributed by atoms with Gasteiger partial charge in [-0.15, -0.1) is 0 Å². The molecule has 1 saturated heterocycles. The molecule has 1 aliphatic heterocycles. The van der Waals surface area contributed by atoms with Gasteiger partial charge in [0.2, 0.25) is 0 Å². The summed E-state index contributed by atoms with van der Waals surface area (Å²) in [6, 6.07) is 14.3. The Morgan fingerprint density at radius 3 is 2.15 bits per heavy atom. The van der Waals surface area contributed by atoms with Crippen LogP contribution in [0.5, 0.6) is 5.75 Å². The van der Waals surface area contributed by atoms with Crippen LogP contribution in [0, 0.1) is 18.8 Å². The second-order valence-electron chi connectivity index (χ2n) is 7.25. The largest absolute Gasteiger partial charge is 0.508 e. The lowest BCUT2D eigenvalue weighted by atomic mass is 9.70. The zero-order chi connectivity index (χ0) is 18.8. The predicted molar refractivity (Wildman–Crippen MR) is 106 cm³/mol. The van der Waals surface area contributed by atoms with Crippen molar-refractivity contribution < 1.29 is 9.84 Å². The Kier molecular flexibility index (Phi) is 5.12. The van der Waals surface area contributed by atoms with E-state index in [0.717, 1.165) is 31.4 Å². The maximum absolute atomic E-state index is 9.64. The smallest absolute Gasteiger partial charge is 0.152 e. The molecule has 2 aromatic rings. The van der Waals surface area contributed by atoms with Crippen LogP contribution < -0.4 is 0 Å². The summed E-state index contributed by atoms with van der Waals surface area (Å²) in [5.41, 5.74) is 4.58. The van der Waals surface area contributed by atoms with Gasteiger partial charge < -0.3 is 9.84 Å². The minimum atomic E-state index is -0.201. The van der Waals surface area contributed by atoms with Crippen LogP contribution in [0.25, 0.3) is 0 Å². The highest BCUT2D eigenvalue weighted by atomic mass is 16.6. The highest BCUT2D eigenvalue weighted by Crippen LogP contribution is 2.40. The van der Waals surface area contributed by atoms with E-state index in [2.05, 4.69) is 57.7 Å². The van der Waals surface area contributed by atoms with Crippen molar-refractivity contribution in [1.82, 2.24) is 0 Å². The average Bonchev–Trinajstić information content (AvgIpc) is 3.44. The SMILES string of the molecule is CCC1(C#Cc2ccc(C(CC)(CC)c3ccc(O)cc3)cc2C)CO1. The summed E-state index contributed by atoms with van der Waals surface area (Å²) < 4.78 is 5.49. The van der Waals surface area contributed by atoms with Crippen LogP contribution >= 0.6 is 0 Å². The Hall–Kier alpha value is -2.24. The first-order valence-electron chi connectivity index (χ1n) is 9.56. The zero-order valence-electron chi connectivity index (χ0n) is 16.2. The fourth-order valence-electron chi connectivity index (χ4n) is 3.75. The van der Waals surface area contributed by atoms with Crippen molar-refractivity contribution in [2.45, 2.75) is 58.0 Å². The molecule has 2 nitrogen and oxygen atoms in total. The molecule has 2 aromatic carbocycles. The van der Waals surface area contributed by atoms with Gasteiger partial charge in [0.15, 0.2) is 5.60 Å². The van der Waals surface area contributed by atoms with E-state index in [9.17, 15) is 5.11 Å². The van der Waals surface area contributed by atoms with Gasteiger partial charge in [0, 0.05) is 11.0 Å². The number of aryl methyl sites for hydroxylation is 1. The molecular weight excluding hydrogens is 320 g/mol. The number of hydrogen-bond donors (Lipinski definition) is 1. The molecule has 0 amide bonds. The van der Waals surface area contributed by atoms with E-state index in [-0.39, 0.29) is 11.0 Å². The minimum absolute atomic E-state index is 0.0470. The summed E-state index contributed by atoms with van der Waals surface area (Å²) in [4.78, 5) is 0. The van der Waals surface area contributed by atoms with Gasteiger partial charge in [-0.2, -0.15) is 0 Å². The molecule has 1 heterocycles. The third-order valence-corrected chi connectivity index (χ3v) is 5.89. The summed E-state index contributed by atoms with van der Waals surface area (Å²) in [6.45, 7) is 9.46. The van der Waals surface area contributed by atoms with Crippen LogP contribution in [0.15, 0.2) is 42.5 Å². The molecular formula is C24H28O2. The maximum Gasteiger partial charge on any atom is 0.152 e. The van der Waals surface area contributed by atoms with Crippen LogP contribution in [0.4, 0.5) is 0 Å². The van der Waals surface area contributed by atoms with Crippen molar-refractivity contribution in [3.8, 4) is 17.6 Å². The molecule has 0 radical (unpaired) electrons. The van der Waals surface area contributed by atoms with E-state index < -0.39 is 0 Å². The molecule has 0 aliphatic carbocycles. The highest BCUT2D eigenvalue weighted by molar-refractivity contribution is 5.49. The molecule has 0 saturated carbocycles. The number of benzene rings is 2. The molecule has 1 fully saturated rings. The Labute approximate surface area is 157 Å². The Balaban J connectivity index is 1.98. The van der Waals surface area contributed by atoms with E-state index in [1.54, 1.807) is 12.1 Å². The van der Waals surface area contributed by atoms with Crippen molar-refractivity contribution in [2.75, 3.05) is 6.61 Å². The third kappa shape index (κ3) is 3.37. The summed E-state index contributed by atoms with van der Waals surface area (Å²) in [5.74, 6) is 6.93. The monoisotopic (exact) mass is 348 g/mol. The first-order valence-corrected chi connectivity index (χ1v) is 9.56. The van der Waals surface area contributed by atoms with E-state index in [1.165, 1.54) is 16.7 Å². The number of aromatic hydroxyl groups is 1. The second kappa shape index (κ2) is 7.17. The first kappa shape index (κ1) is 18.5. The lowest BCUT2D eigenvalue weighted by Gasteiger charge is -2.33. The molecule has 0 aromatic heterocycles. The van der Waals surface area contributed by atoms with Gasteiger partial charge in [0.05, 0.1) is 6.61 Å². The van der Waals surface area contributed by atoms with Gasteiger partial charge in [0.1, 0.15) is 5.75 Å². The number of phenolic OH excluding ortho intramolecular Hbond substituents is 1. The van der Waals surface area contributed by atoms with Crippen LogP contribution in [-0.2, 0) is 10.2 Å². The van der Waals surface area contributed by atoms with Crippen molar-refractivity contribution in [2.24, 2.45) is 0 Å². The standard InChI is InChI=1S/C24H28O2/c1-5-23(17-26-23)15-14-19-8-9-21(16-18(19)4)24(6-2,7-3)20-10-12-22(25)13-11-20/h8-13,16,25H,5-7,17H2,1-4H3. The summed E-state index contributed by atoms with van der Waals surface area (Å²) in [6.07, 6.45) is 2.95. The van der Waals surface area contributed by atoms with E-state index in [1.807, 2.05) is 12.1 Å². The molecule has 0 spiro atoms. The van der Waals surface area contributed by atoms with E-state index in [0.29, 0.717) is 5.75 Å². The lowest BCUT2D eigenvalue weighted by Crippen LogP contribution is -2.26. The van der Waals surface area contributed by atoms with Crippen molar-refractivity contribution in [1.29, 1.82) is 0 Å². The normalized spacial score (nSPS) is 18.9. The van der Waals surface area contributed by atoms with Crippen molar-refractivity contribution in [3.05, 3.63) is 64.7 Å². The van der Waals surface area contributed by atoms with E-state index >= 15 is 0 Å². The number of ether oxygens (including phenoxy) is 1. The fraction of sp³-hybridized carbons (Fsp3) is 0.417. The average molecular weight is 348 g/mol. The van der Waals surface area contributed by atoms with Crippen molar-refractivity contribution in [3.63, 3.8) is 0 Å². The minimum Gasteiger partial charge on any atom is -0.508 e. The van der Waals surface area contributed by atoms with Crippen LogP contribution in [-0.4, -0.2) is 17.3 Å². The summed E-state index contributed by atoms with van der Waals surface area (Å²) in [7, 11) is 0. The second-order valence-corrected chi connectivity index (χ2v) is 7.25. The molecule has 3 rings (SSSR count). The van der Waals surface area contributed by atoms with Gasteiger partial charge in [-0.1, -0.05) is 56.9 Å². The predicted octanol–water partition coefficient (Wildman–Crippen LogP) is 5.34. The molecule has 1 aliphatic rings. The summed E-state index contributed by atoms with van der Waals surface area (Å²) >= 11 is 0. The first-order chi connectivity index (χ1) is 12.5. The molecule has 1 unspecified atom stereocenters. The Morgan fingerprint density at radius 1 is 1.04 bits per heavy atom. The topological polar surface area (TPSA) is 32.8 Å². The molecule has 26 heavy (non-hydrogen) atoms. The van der Waals surface area contributed by atoms with Crippen LogP contribution in [0.2, 0.25) is 0 Å². The van der Waals surface area contributed by atoms with Crippen LogP contribution in [0.1, 0.15) is 62.3 Å². The van der Waals surface area contributed by atoms with Crippen molar-refractivity contribution >= 4 is 0 Å². The maximum atomic E-state index is 9.64.